The third-order valence-electron chi connectivity index (χ3n) is 4.38. The van der Waals surface area contributed by atoms with Gasteiger partial charge < -0.3 is 19.5 Å². The van der Waals surface area contributed by atoms with E-state index in [-0.39, 0.29) is 11.5 Å². The van der Waals surface area contributed by atoms with Crippen LogP contribution in [0.2, 0.25) is 0 Å². The Hall–Kier alpha value is -4.18. The summed E-state index contributed by atoms with van der Waals surface area (Å²) in [5, 5.41) is 6.23. The van der Waals surface area contributed by atoms with Crippen molar-refractivity contribution in [3.8, 4) is 17.2 Å². The van der Waals surface area contributed by atoms with E-state index in [2.05, 4.69) is 31.8 Å². The van der Waals surface area contributed by atoms with Gasteiger partial charge >= 0.3 is 17.8 Å². The topological polar surface area (TPSA) is 115 Å². The molecule has 0 saturated carbocycles. The number of esters is 1. The van der Waals surface area contributed by atoms with Crippen molar-refractivity contribution in [2.24, 2.45) is 5.10 Å². The Morgan fingerprint density at radius 2 is 1.65 bits per heavy atom. The molecule has 0 aliphatic carbocycles. The van der Waals surface area contributed by atoms with E-state index < -0.39 is 17.8 Å². The van der Waals surface area contributed by atoms with Crippen LogP contribution in [0.4, 0.5) is 5.69 Å². The normalized spacial score (nSPS) is 10.4. The molecule has 3 rings (SSSR count). The maximum absolute atomic E-state index is 12.4. The third kappa shape index (κ3) is 6.66. The minimum Gasteiger partial charge on any atom is -0.497 e. The number of nitrogens with zero attached hydrogens (tertiary/aromatic N) is 1. The number of anilines is 1. The maximum Gasteiger partial charge on any atom is 0.343 e. The summed E-state index contributed by atoms with van der Waals surface area (Å²) in [7, 11) is 2.95. The van der Waals surface area contributed by atoms with Crippen molar-refractivity contribution in [2.75, 3.05) is 19.5 Å². The Morgan fingerprint density at radius 3 is 2.32 bits per heavy atom. The summed E-state index contributed by atoms with van der Waals surface area (Å²) in [6, 6.07) is 18.0. The highest BCUT2D eigenvalue weighted by molar-refractivity contribution is 9.10. The summed E-state index contributed by atoms with van der Waals surface area (Å²) in [6.45, 7) is 0. The summed E-state index contributed by atoms with van der Waals surface area (Å²) < 4.78 is 16.5. The lowest BCUT2D eigenvalue weighted by Crippen LogP contribution is -2.32. The Kier molecular flexibility index (Phi) is 8.36. The maximum atomic E-state index is 12.4. The Labute approximate surface area is 203 Å². The summed E-state index contributed by atoms with van der Waals surface area (Å²) in [4.78, 5) is 36.3. The number of hydrogen-bond donors (Lipinski definition) is 2. The number of carbonyl (C=O) groups is 3. The zero-order chi connectivity index (χ0) is 24.5. The molecule has 0 radical (unpaired) electrons. The van der Waals surface area contributed by atoms with E-state index in [1.807, 2.05) is 0 Å². The van der Waals surface area contributed by atoms with Crippen molar-refractivity contribution >= 4 is 45.6 Å². The average Bonchev–Trinajstić information content (AvgIpc) is 2.85. The molecule has 0 spiro atoms. The third-order valence-corrected chi connectivity index (χ3v) is 4.88. The van der Waals surface area contributed by atoms with Crippen LogP contribution in [0.5, 0.6) is 17.2 Å². The highest BCUT2D eigenvalue weighted by Gasteiger charge is 2.14. The average molecular weight is 526 g/mol. The SMILES string of the molecule is COc1ccc(NC(=O)C(=O)N/N=C\c2ccc(OC(=O)c3cccc(Br)c3)c(OC)c2)cc1. The van der Waals surface area contributed by atoms with Crippen LogP contribution in [-0.4, -0.2) is 38.2 Å². The van der Waals surface area contributed by atoms with Gasteiger partial charge in [0.2, 0.25) is 0 Å². The van der Waals surface area contributed by atoms with Gasteiger partial charge in [0.25, 0.3) is 0 Å². The van der Waals surface area contributed by atoms with Gasteiger partial charge in [-0.1, -0.05) is 22.0 Å². The lowest BCUT2D eigenvalue weighted by Gasteiger charge is -2.10. The van der Waals surface area contributed by atoms with Crippen molar-refractivity contribution in [3.63, 3.8) is 0 Å². The Balaban J connectivity index is 1.59. The number of carbonyl (C=O) groups excluding carboxylic acids is 3. The first kappa shape index (κ1) is 24.5. The Morgan fingerprint density at radius 1 is 0.882 bits per heavy atom. The van der Waals surface area contributed by atoms with E-state index in [9.17, 15) is 14.4 Å². The van der Waals surface area contributed by atoms with E-state index in [0.29, 0.717) is 22.6 Å². The number of hydrogen-bond acceptors (Lipinski definition) is 7. The summed E-state index contributed by atoms with van der Waals surface area (Å²) in [5.74, 6) is -1.25. The molecule has 0 unspecified atom stereocenters. The predicted octanol–water partition coefficient (Wildman–Crippen LogP) is 3.77. The highest BCUT2D eigenvalue weighted by Crippen LogP contribution is 2.28. The molecule has 0 atom stereocenters. The molecule has 34 heavy (non-hydrogen) atoms. The molecule has 174 valence electrons. The largest absolute Gasteiger partial charge is 0.497 e. The molecule has 3 aromatic rings. The number of methoxy groups -OCH3 is 2. The van der Waals surface area contributed by atoms with Crippen LogP contribution in [0.3, 0.4) is 0 Å². The lowest BCUT2D eigenvalue weighted by atomic mass is 10.2. The Bertz CT molecular complexity index is 1230. The van der Waals surface area contributed by atoms with Gasteiger partial charge in [0, 0.05) is 10.2 Å². The second-order valence-corrected chi connectivity index (χ2v) is 7.61. The molecular formula is C24H20BrN3O6. The van der Waals surface area contributed by atoms with Crippen LogP contribution >= 0.6 is 15.9 Å². The van der Waals surface area contributed by atoms with Crippen molar-refractivity contribution in [3.05, 3.63) is 82.3 Å². The second-order valence-electron chi connectivity index (χ2n) is 6.69. The molecule has 0 saturated heterocycles. The van der Waals surface area contributed by atoms with Gasteiger partial charge in [0.15, 0.2) is 11.5 Å². The molecule has 3 aromatic carbocycles. The predicted molar refractivity (Wildman–Crippen MR) is 129 cm³/mol. The summed E-state index contributed by atoms with van der Waals surface area (Å²) in [6.07, 6.45) is 1.32. The fourth-order valence-corrected chi connectivity index (χ4v) is 3.10. The van der Waals surface area contributed by atoms with E-state index in [1.54, 1.807) is 60.7 Å². The molecule has 0 heterocycles. The molecule has 10 heteroatoms. The van der Waals surface area contributed by atoms with Crippen molar-refractivity contribution in [1.82, 2.24) is 5.43 Å². The molecule has 9 nitrogen and oxygen atoms in total. The number of hydrazone groups is 1. The van der Waals surface area contributed by atoms with E-state index in [4.69, 9.17) is 14.2 Å². The molecule has 0 aliphatic heterocycles. The van der Waals surface area contributed by atoms with Gasteiger partial charge in [-0.05, 0) is 66.2 Å². The second kappa shape index (κ2) is 11.6. The molecule has 2 N–H and O–H groups in total. The molecule has 2 amide bonds. The first-order valence-electron chi connectivity index (χ1n) is 9.84. The van der Waals surface area contributed by atoms with Gasteiger partial charge in [-0.2, -0.15) is 5.10 Å². The van der Waals surface area contributed by atoms with Crippen LogP contribution in [0.15, 0.2) is 76.3 Å². The highest BCUT2D eigenvalue weighted by atomic mass is 79.9. The standard InChI is InChI=1S/C24H20BrN3O6/c1-32-19-9-7-18(8-10-19)27-22(29)23(30)28-26-14-15-6-11-20(21(12-15)33-2)34-24(31)16-4-3-5-17(25)13-16/h3-14H,1-2H3,(H,27,29)(H,28,30)/b26-14-. The van der Waals surface area contributed by atoms with E-state index >= 15 is 0 Å². The van der Waals surface area contributed by atoms with Gasteiger partial charge in [0.1, 0.15) is 5.75 Å². The quantitative estimate of drug-likeness (QED) is 0.159. The monoisotopic (exact) mass is 525 g/mol. The smallest absolute Gasteiger partial charge is 0.343 e. The van der Waals surface area contributed by atoms with Gasteiger partial charge in [0.05, 0.1) is 26.0 Å². The lowest BCUT2D eigenvalue weighted by molar-refractivity contribution is -0.136. The van der Waals surface area contributed by atoms with Crippen molar-refractivity contribution in [1.29, 1.82) is 0 Å². The minimum atomic E-state index is -0.946. The van der Waals surface area contributed by atoms with Gasteiger partial charge in [-0.15, -0.1) is 0 Å². The molecule has 0 fully saturated rings. The fourth-order valence-electron chi connectivity index (χ4n) is 2.70. The first-order valence-corrected chi connectivity index (χ1v) is 10.6. The number of benzene rings is 3. The fraction of sp³-hybridized carbons (Fsp3) is 0.0833. The molecule has 0 aliphatic rings. The number of amides is 2. The molecular weight excluding hydrogens is 506 g/mol. The number of nitrogens with one attached hydrogen (secondary N) is 2. The van der Waals surface area contributed by atoms with Gasteiger partial charge in [-0.3, -0.25) is 9.59 Å². The van der Waals surface area contributed by atoms with Crippen LogP contribution in [0, 0.1) is 0 Å². The number of ether oxygens (including phenoxy) is 3. The van der Waals surface area contributed by atoms with Crippen molar-refractivity contribution in [2.45, 2.75) is 0 Å². The van der Waals surface area contributed by atoms with Crippen molar-refractivity contribution < 1.29 is 28.6 Å². The van der Waals surface area contributed by atoms with Crippen LogP contribution in [0.25, 0.3) is 0 Å². The van der Waals surface area contributed by atoms with E-state index in [0.717, 1.165) is 4.47 Å². The number of halogens is 1. The number of rotatable bonds is 7. The van der Waals surface area contributed by atoms with Crippen LogP contribution < -0.4 is 25.0 Å². The summed E-state index contributed by atoms with van der Waals surface area (Å²) >= 11 is 3.31. The van der Waals surface area contributed by atoms with E-state index in [1.165, 1.54) is 26.5 Å². The minimum absolute atomic E-state index is 0.215. The zero-order valence-corrected chi connectivity index (χ0v) is 19.8. The van der Waals surface area contributed by atoms with Gasteiger partial charge in [-0.25, -0.2) is 10.2 Å². The first-order chi connectivity index (χ1) is 16.4. The molecule has 0 aromatic heterocycles. The summed E-state index contributed by atoms with van der Waals surface area (Å²) in [5.41, 5.74) is 3.49. The van der Waals surface area contributed by atoms with Crippen LogP contribution in [-0.2, 0) is 9.59 Å². The molecule has 0 bridgehead atoms. The van der Waals surface area contributed by atoms with Crippen LogP contribution in [0.1, 0.15) is 15.9 Å². The zero-order valence-electron chi connectivity index (χ0n) is 18.2.